The molecule has 0 fully saturated rings. The van der Waals surface area contributed by atoms with Gasteiger partial charge in [0.2, 0.25) is 0 Å². The maximum atomic E-state index is 12.2. The first-order valence-electron chi connectivity index (χ1n) is 5.78. The number of carbonyl (C=O) groups is 1. The summed E-state index contributed by atoms with van der Waals surface area (Å²) in [5, 5.41) is 0. The zero-order chi connectivity index (χ0) is 13.0. The van der Waals surface area contributed by atoms with Gasteiger partial charge in [0, 0.05) is 31.9 Å². The number of carbonyl (C=O) groups excluding carboxylic acids is 1. The Balaban J connectivity index is 3.21. The minimum Gasteiger partial charge on any atom is -0.383 e. The summed E-state index contributed by atoms with van der Waals surface area (Å²) in [5.74, 6) is 0.0975. The van der Waals surface area contributed by atoms with E-state index in [0.717, 1.165) is 11.4 Å². The van der Waals surface area contributed by atoms with Crippen molar-refractivity contribution in [3.8, 4) is 0 Å². The molecule has 1 rings (SSSR count). The number of aryl methyl sites for hydroxylation is 1. The number of hydrogen-bond acceptors (Lipinski definition) is 3. The van der Waals surface area contributed by atoms with Gasteiger partial charge in [0.15, 0.2) is 5.78 Å². The van der Waals surface area contributed by atoms with Crippen molar-refractivity contribution < 1.29 is 4.79 Å². The van der Waals surface area contributed by atoms with Crippen LogP contribution >= 0.6 is 0 Å². The Morgan fingerprint density at radius 1 is 1.35 bits per heavy atom. The normalized spacial score (nSPS) is 11.8. The predicted octanol–water partition coefficient (Wildman–Crippen LogP) is 2.52. The molecule has 0 aliphatic heterocycles. The van der Waals surface area contributed by atoms with Crippen LogP contribution in [-0.4, -0.2) is 29.8 Å². The highest BCUT2D eigenvalue weighted by Crippen LogP contribution is 2.18. The van der Waals surface area contributed by atoms with Crippen molar-refractivity contribution in [2.75, 3.05) is 14.1 Å². The van der Waals surface area contributed by atoms with E-state index < -0.39 is 0 Å². The Morgan fingerprint density at radius 2 is 2.00 bits per heavy atom. The maximum absolute atomic E-state index is 12.2. The number of aromatic nitrogens is 1. The van der Waals surface area contributed by atoms with Gasteiger partial charge in [-0.25, -0.2) is 0 Å². The Bertz CT molecular complexity index is 434. The molecule has 0 radical (unpaired) electrons. The first-order chi connectivity index (χ1) is 7.91. The van der Waals surface area contributed by atoms with Crippen molar-refractivity contribution in [2.24, 2.45) is 5.92 Å². The number of nitrogens with zero attached hydrogens (tertiary/aromatic N) is 2. The van der Waals surface area contributed by atoms with E-state index in [1.165, 1.54) is 0 Å². The Morgan fingerprint density at radius 3 is 2.47 bits per heavy atom. The average molecular weight is 232 g/mol. The van der Waals surface area contributed by atoms with Gasteiger partial charge < -0.3 is 4.90 Å². The summed E-state index contributed by atoms with van der Waals surface area (Å²) in [5.41, 5.74) is 2.34. The molecule has 92 valence electrons. The summed E-state index contributed by atoms with van der Waals surface area (Å²) in [4.78, 5) is 18.4. The molecule has 0 amide bonds. The van der Waals surface area contributed by atoms with E-state index in [1.54, 1.807) is 0 Å². The summed E-state index contributed by atoms with van der Waals surface area (Å²) >= 11 is 0. The van der Waals surface area contributed by atoms with Gasteiger partial charge in [-0.2, -0.15) is 0 Å². The van der Waals surface area contributed by atoms with Crippen molar-refractivity contribution in [3.63, 3.8) is 0 Å². The second-order valence-corrected chi connectivity index (χ2v) is 4.69. The van der Waals surface area contributed by atoms with Gasteiger partial charge in [0.1, 0.15) is 0 Å². The predicted molar refractivity (Wildman–Crippen MR) is 70.5 cm³/mol. The summed E-state index contributed by atoms with van der Waals surface area (Å²) in [6.45, 7) is 5.74. The minimum absolute atomic E-state index is 0.0245. The van der Waals surface area contributed by atoms with Crippen LogP contribution < -0.4 is 0 Å². The van der Waals surface area contributed by atoms with E-state index in [-0.39, 0.29) is 11.7 Å². The molecule has 1 heterocycles. The molecule has 0 aromatic carbocycles. The van der Waals surface area contributed by atoms with Crippen LogP contribution in [0.1, 0.15) is 25.2 Å². The van der Waals surface area contributed by atoms with Crippen LogP contribution in [0.2, 0.25) is 0 Å². The zero-order valence-electron chi connectivity index (χ0n) is 11.2. The largest absolute Gasteiger partial charge is 0.383 e. The first-order valence-corrected chi connectivity index (χ1v) is 5.78. The average Bonchev–Trinajstić information content (AvgIpc) is 2.24. The molecule has 3 heteroatoms. The van der Waals surface area contributed by atoms with Gasteiger partial charge in [-0.15, -0.1) is 0 Å². The van der Waals surface area contributed by atoms with Crippen LogP contribution in [0.3, 0.4) is 0 Å². The van der Waals surface area contributed by atoms with Gasteiger partial charge >= 0.3 is 0 Å². The zero-order valence-corrected chi connectivity index (χ0v) is 11.2. The quantitative estimate of drug-likeness (QED) is 0.748. The third-order valence-electron chi connectivity index (χ3n) is 2.34. The molecular formula is C14H20N2O. The van der Waals surface area contributed by atoms with Crippen molar-refractivity contribution >= 4 is 11.4 Å². The van der Waals surface area contributed by atoms with E-state index in [2.05, 4.69) is 4.98 Å². The standard InChI is InChI=1S/C14H20N2O/c1-10(2)14(17)12(9-16(4)5)13-8-6-7-11(3)15-13/h6-10H,1-5H3/b12-9-. The lowest BCUT2D eigenvalue weighted by atomic mass is 9.98. The fraction of sp³-hybridized carbons (Fsp3) is 0.429. The second kappa shape index (κ2) is 5.62. The lowest BCUT2D eigenvalue weighted by molar-refractivity contribution is -0.116. The number of allylic oxidation sites excluding steroid dienone is 1. The van der Waals surface area contributed by atoms with Crippen LogP contribution in [0.25, 0.3) is 5.57 Å². The van der Waals surface area contributed by atoms with Gasteiger partial charge in [-0.3, -0.25) is 9.78 Å². The molecular weight excluding hydrogens is 212 g/mol. The summed E-state index contributed by atoms with van der Waals surface area (Å²) in [6, 6.07) is 5.73. The highest BCUT2D eigenvalue weighted by atomic mass is 16.1. The molecule has 1 aromatic rings. The fourth-order valence-electron chi connectivity index (χ4n) is 1.52. The molecule has 17 heavy (non-hydrogen) atoms. The van der Waals surface area contributed by atoms with Crippen LogP contribution in [0.15, 0.2) is 24.4 Å². The molecule has 0 unspecified atom stereocenters. The van der Waals surface area contributed by atoms with E-state index in [9.17, 15) is 4.79 Å². The number of Topliss-reactive ketones (excluding diaryl/α,β-unsaturated/α-hetero) is 1. The minimum atomic E-state index is -0.0245. The fourth-order valence-corrected chi connectivity index (χ4v) is 1.52. The van der Waals surface area contributed by atoms with Gasteiger partial charge in [-0.05, 0) is 19.1 Å². The van der Waals surface area contributed by atoms with Crippen LogP contribution in [0.5, 0.6) is 0 Å². The van der Waals surface area contributed by atoms with Gasteiger partial charge in [-0.1, -0.05) is 19.9 Å². The number of rotatable bonds is 4. The SMILES string of the molecule is Cc1cccc(/C(=C/N(C)C)C(=O)C(C)C)n1. The molecule has 0 aliphatic rings. The molecule has 0 atom stereocenters. The molecule has 0 N–H and O–H groups in total. The molecule has 0 saturated carbocycles. The third kappa shape index (κ3) is 3.70. The highest BCUT2D eigenvalue weighted by Gasteiger charge is 2.17. The molecule has 0 bridgehead atoms. The van der Waals surface area contributed by atoms with E-state index >= 15 is 0 Å². The summed E-state index contributed by atoms with van der Waals surface area (Å²) in [6.07, 6.45) is 1.84. The Hall–Kier alpha value is -1.64. The van der Waals surface area contributed by atoms with Crippen molar-refractivity contribution in [2.45, 2.75) is 20.8 Å². The van der Waals surface area contributed by atoms with E-state index in [1.807, 2.05) is 64.2 Å². The Labute approximate surface area is 103 Å². The third-order valence-corrected chi connectivity index (χ3v) is 2.34. The van der Waals surface area contributed by atoms with Crippen LogP contribution in [-0.2, 0) is 4.79 Å². The number of hydrogen-bond donors (Lipinski definition) is 0. The number of pyridine rings is 1. The molecule has 0 saturated heterocycles. The lowest BCUT2D eigenvalue weighted by Crippen LogP contribution is -2.14. The molecule has 0 aliphatic carbocycles. The monoisotopic (exact) mass is 232 g/mol. The van der Waals surface area contributed by atoms with Crippen molar-refractivity contribution in [1.82, 2.24) is 9.88 Å². The van der Waals surface area contributed by atoms with Crippen molar-refractivity contribution in [1.29, 1.82) is 0 Å². The van der Waals surface area contributed by atoms with Gasteiger partial charge in [0.25, 0.3) is 0 Å². The first kappa shape index (κ1) is 13.4. The van der Waals surface area contributed by atoms with Crippen molar-refractivity contribution in [3.05, 3.63) is 35.8 Å². The second-order valence-electron chi connectivity index (χ2n) is 4.69. The number of ketones is 1. The molecule has 0 spiro atoms. The van der Waals surface area contributed by atoms with Gasteiger partial charge in [0.05, 0.1) is 11.3 Å². The smallest absolute Gasteiger partial charge is 0.169 e. The van der Waals surface area contributed by atoms with E-state index in [4.69, 9.17) is 0 Å². The lowest BCUT2D eigenvalue weighted by Gasteiger charge is -2.13. The topological polar surface area (TPSA) is 33.2 Å². The highest BCUT2D eigenvalue weighted by molar-refractivity contribution is 6.20. The van der Waals surface area contributed by atoms with Crippen LogP contribution in [0, 0.1) is 12.8 Å². The van der Waals surface area contributed by atoms with E-state index in [0.29, 0.717) is 5.57 Å². The summed E-state index contributed by atoms with van der Waals surface area (Å²) in [7, 11) is 3.81. The Kier molecular flexibility index (Phi) is 4.44. The maximum Gasteiger partial charge on any atom is 0.169 e. The molecule has 3 nitrogen and oxygen atoms in total. The summed E-state index contributed by atoms with van der Waals surface area (Å²) < 4.78 is 0. The van der Waals surface area contributed by atoms with Crippen LogP contribution in [0.4, 0.5) is 0 Å². The molecule has 1 aromatic heterocycles.